The molecule has 3 heterocycles. The molecule has 0 spiro atoms. The number of hydrogen-bond donors (Lipinski definition) is 2. The number of thiophene rings is 1. The Morgan fingerprint density at radius 1 is 1.37 bits per heavy atom. The number of carbonyl (C=O) groups is 1. The second kappa shape index (κ2) is 5.24. The van der Waals surface area contributed by atoms with E-state index in [1.807, 2.05) is 11.4 Å². The number of nitrogens with one attached hydrogen (secondary N) is 2. The highest BCUT2D eigenvalue weighted by Crippen LogP contribution is 2.32. The monoisotopic (exact) mass is 354 g/mol. The SMILES string of the molecule is O=C(Nc1cn[nH]c1)c1csc(-c2cc(Br)cs2)n1. The fraction of sp³-hybridized carbons (Fsp3) is 0. The smallest absolute Gasteiger partial charge is 0.275 e. The van der Waals surface area contributed by atoms with Crippen LogP contribution in [0.3, 0.4) is 0 Å². The van der Waals surface area contributed by atoms with E-state index in [0.717, 1.165) is 14.4 Å². The van der Waals surface area contributed by atoms with Crippen LogP contribution in [-0.2, 0) is 0 Å². The zero-order chi connectivity index (χ0) is 13.2. The number of anilines is 1. The molecule has 3 aromatic rings. The van der Waals surface area contributed by atoms with Crippen LogP contribution in [0.5, 0.6) is 0 Å². The number of aromatic nitrogens is 3. The lowest BCUT2D eigenvalue weighted by Gasteiger charge is -1.97. The summed E-state index contributed by atoms with van der Waals surface area (Å²) in [7, 11) is 0. The van der Waals surface area contributed by atoms with E-state index in [-0.39, 0.29) is 5.91 Å². The van der Waals surface area contributed by atoms with Crippen LogP contribution in [-0.4, -0.2) is 21.1 Å². The zero-order valence-corrected chi connectivity index (χ0v) is 12.6. The fourth-order valence-corrected chi connectivity index (χ4v) is 3.74. The minimum Gasteiger partial charge on any atom is -0.318 e. The lowest BCUT2D eigenvalue weighted by atomic mass is 10.4. The molecule has 0 saturated carbocycles. The largest absolute Gasteiger partial charge is 0.318 e. The van der Waals surface area contributed by atoms with Crippen LogP contribution in [0, 0.1) is 0 Å². The molecule has 0 aliphatic rings. The van der Waals surface area contributed by atoms with Crippen LogP contribution < -0.4 is 5.32 Å². The summed E-state index contributed by atoms with van der Waals surface area (Å²) < 4.78 is 1.02. The summed E-state index contributed by atoms with van der Waals surface area (Å²) in [6.07, 6.45) is 3.16. The minimum atomic E-state index is -0.237. The molecule has 0 aromatic carbocycles. The third-order valence-electron chi connectivity index (χ3n) is 2.27. The van der Waals surface area contributed by atoms with Crippen LogP contribution >= 0.6 is 38.6 Å². The lowest BCUT2D eigenvalue weighted by Crippen LogP contribution is -2.11. The average molecular weight is 355 g/mol. The summed E-state index contributed by atoms with van der Waals surface area (Å²) >= 11 is 6.44. The fourth-order valence-electron chi connectivity index (χ4n) is 1.43. The molecule has 0 aliphatic heterocycles. The molecule has 0 radical (unpaired) electrons. The van der Waals surface area contributed by atoms with Gasteiger partial charge in [-0.25, -0.2) is 4.98 Å². The van der Waals surface area contributed by atoms with Crippen molar-refractivity contribution < 1.29 is 4.79 Å². The van der Waals surface area contributed by atoms with Crippen LogP contribution in [0.1, 0.15) is 10.5 Å². The van der Waals surface area contributed by atoms with Gasteiger partial charge in [0.2, 0.25) is 0 Å². The highest BCUT2D eigenvalue weighted by molar-refractivity contribution is 9.10. The van der Waals surface area contributed by atoms with Crippen LogP contribution in [0.2, 0.25) is 0 Å². The maximum Gasteiger partial charge on any atom is 0.275 e. The van der Waals surface area contributed by atoms with Crippen molar-refractivity contribution in [2.45, 2.75) is 0 Å². The van der Waals surface area contributed by atoms with Gasteiger partial charge in [0.1, 0.15) is 10.7 Å². The van der Waals surface area contributed by atoms with Gasteiger partial charge in [-0.15, -0.1) is 22.7 Å². The first-order valence-corrected chi connectivity index (χ1v) is 7.77. The summed E-state index contributed by atoms with van der Waals surface area (Å²) in [5, 5.41) is 13.7. The normalized spacial score (nSPS) is 10.6. The van der Waals surface area contributed by atoms with Crippen LogP contribution in [0.15, 0.2) is 33.7 Å². The Kier molecular flexibility index (Phi) is 3.45. The van der Waals surface area contributed by atoms with Crippen molar-refractivity contribution in [2.24, 2.45) is 0 Å². The number of aromatic amines is 1. The number of H-pyrrole nitrogens is 1. The quantitative estimate of drug-likeness (QED) is 0.754. The number of rotatable bonds is 3. The summed E-state index contributed by atoms with van der Waals surface area (Å²) in [5.74, 6) is -0.237. The van der Waals surface area contributed by atoms with Crippen LogP contribution in [0.25, 0.3) is 9.88 Å². The van der Waals surface area contributed by atoms with Gasteiger partial charge in [0.15, 0.2) is 0 Å². The van der Waals surface area contributed by atoms with E-state index in [4.69, 9.17) is 0 Å². The molecule has 96 valence electrons. The molecule has 0 atom stereocenters. The van der Waals surface area contributed by atoms with Crippen molar-refractivity contribution in [3.63, 3.8) is 0 Å². The van der Waals surface area contributed by atoms with Crippen molar-refractivity contribution in [3.8, 4) is 9.88 Å². The maximum atomic E-state index is 11.9. The Labute approximate surface area is 124 Å². The first kappa shape index (κ1) is 12.5. The van der Waals surface area contributed by atoms with Crippen molar-refractivity contribution in [2.75, 3.05) is 5.32 Å². The molecule has 2 N–H and O–H groups in total. The van der Waals surface area contributed by atoms with Gasteiger partial charge in [0.25, 0.3) is 5.91 Å². The van der Waals surface area contributed by atoms with Crippen molar-refractivity contribution in [3.05, 3.63) is 39.4 Å². The highest BCUT2D eigenvalue weighted by atomic mass is 79.9. The molecule has 0 saturated heterocycles. The molecule has 1 amide bonds. The van der Waals surface area contributed by atoms with Gasteiger partial charge in [0.05, 0.1) is 16.8 Å². The Bertz CT molecular complexity index is 704. The van der Waals surface area contributed by atoms with Crippen molar-refractivity contribution in [1.82, 2.24) is 15.2 Å². The van der Waals surface area contributed by atoms with E-state index in [1.54, 1.807) is 29.1 Å². The van der Waals surface area contributed by atoms with E-state index in [2.05, 4.69) is 36.4 Å². The van der Waals surface area contributed by atoms with Gasteiger partial charge < -0.3 is 5.32 Å². The van der Waals surface area contributed by atoms with E-state index >= 15 is 0 Å². The van der Waals surface area contributed by atoms with E-state index < -0.39 is 0 Å². The Balaban J connectivity index is 1.79. The highest BCUT2D eigenvalue weighted by Gasteiger charge is 2.13. The first-order chi connectivity index (χ1) is 9.22. The molecule has 0 unspecified atom stereocenters. The summed E-state index contributed by atoms with van der Waals surface area (Å²) in [5.41, 5.74) is 1.03. The average Bonchev–Trinajstić information content (AvgIpc) is 3.07. The number of halogens is 1. The molecule has 3 rings (SSSR count). The molecule has 5 nitrogen and oxygen atoms in total. The molecule has 19 heavy (non-hydrogen) atoms. The number of amides is 1. The second-order valence-corrected chi connectivity index (χ2v) is 6.29. The third-order valence-corrected chi connectivity index (χ3v) is 4.97. The Morgan fingerprint density at radius 2 is 2.26 bits per heavy atom. The van der Waals surface area contributed by atoms with Gasteiger partial charge in [0, 0.05) is 21.4 Å². The van der Waals surface area contributed by atoms with Crippen molar-refractivity contribution >= 4 is 50.2 Å². The molecule has 0 aliphatic carbocycles. The molecule has 0 bridgehead atoms. The van der Waals surface area contributed by atoms with Gasteiger partial charge >= 0.3 is 0 Å². The van der Waals surface area contributed by atoms with Crippen LogP contribution in [0.4, 0.5) is 5.69 Å². The maximum absolute atomic E-state index is 11.9. The standard InChI is InChI=1S/C11H7BrN4OS2/c12-6-1-9(18-4-6)11-16-8(5-19-11)10(17)15-7-2-13-14-3-7/h1-5H,(H,13,14)(H,15,17). The lowest BCUT2D eigenvalue weighted by molar-refractivity contribution is 0.102. The number of carbonyl (C=O) groups excluding carboxylic acids is 1. The third kappa shape index (κ3) is 2.75. The number of thiazole rings is 1. The van der Waals surface area contributed by atoms with E-state index in [9.17, 15) is 4.79 Å². The molecule has 3 aromatic heterocycles. The van der Waals surface area contributed by atoms with Gasteiger partial charge in [-0.3, -0.25) is 9.89 Å². The predicted molar refractivity (Wildman–Crippen MR) is 79.7 cm³/mol. The summed E-state index contributed by atoms with van der Waals surface area (Å²) in [6.45, 7) is 0. The zero-order valence-electron chi connectivity index (χ0n) is 9.38. The molecular formula is C11H7BrN4OS2. The van der Waals surface area contributed by atoms with Gasteiger partial charge in [-0.2, -0.15) is 5.10 Å². The Hall–Kier alpha value is -1.51. The second-order valence-electron chi connectivity index (χ2n) is 3.61. The topological polar surface area (TPSA) is 70.7 Å². The minimum absolute atomic E-state index is 0.237. The number of hydrogen-bond acceptors (Lipinski definition) is 5. The van der Waals surface area contributed by atoms with E-state index in [0.29, 0.717) is 11.4 Å². The van der Waals surface area contributed by atoms with Crippen molar-refractivity contribution in [1.29, 1.82) is 0 Å². The van der Waals surface area contributed by atoms with Gasteiger partial charge in [-0.1, -0.05) is 0 Å². The summed E-state index contributed by atoms with van der Waals surface area (Å²) in [4.78, 5) is 17.3. The summed E-state index contributed by atoms with van der Waals surface area (Å²) in [6, 6.07) is 1.99. The van der Waals surface area contributed by atoms with Gasteiger partial charge in [-0.05, 0) is 22.0 Å². The predicted octanol–water partition coefficient (Wildman–Crippen LogP) is 3.61. The molecular weight excluding hydrogens is 348 g/mol. The Morgan fingerprint density at radius 3 is 2.95 bits per heavy atom. The molecule has 8 heteroatoms. The first-order valence-electron chi connectivity index (χ1n) is 5.22. The number of nitrogens with zero attached hydrogens (tertiary/aromatic N) is 2. The molecule has 0 fully saturated rings. The van der Waals surface area contributed by atoms with E-state index in [1.165, 1.54) is 11.3 Å².